The molecule has 0 heterocycles. The molecule has 7 heteroatoms. The Bertz CT molecular complexity index is 1510. The normalized spacial score (nSPS) is 20.6. The molecule has 7 nitrogen and oxygen atoms in total. The van der Waals surface area contributed by atoms with Crippen LogP contribution in [0.3, 0.4) is 0 Å². The van der Waals surface area contributed by atoms with Crippen LogP contribution in [0.15, 0.2) is 96.1 Å². The fourth-order valence-electron chi connectivity index (χ4n) is 6.10. The van der Waals surface area contributed by atoms with Gasteiger partial charge in [-0.15, -0.1) is 0 Å². The first-order valence-electron chi connectivity index (χ1n) is 15.7. The van der Waals surface area contributed by atoms with Crippen LogP contribution in [0.2, 0.25) is 0 Å². The molecule has 4 atom stereocenters. The van der Waals surface area contributed by atoms with Crippen molar-refractivity contribution in [3.05, 3.63) is 118 Å². The highest BCUT2D eigenvalue weighted by Gasteiger charge is 2.56. The first kappa shape index (κ1) is 33.7. The quantitative estimate of drug-likeness (QED) is 0.174. The molecular formula is C38H45NO6. The van der Waals surface area contributed by atoms with Gasteiger partial charge in [-0.25, -0.2) is 4.79 Å². The molecule has 0 unspecified atom stereocenters. The van der Waals surface area contributed by atoms with E-state index >= 15 is 0 Å². The molecule has 45 heavy (non-hydrogen) atoms. The van der Waals surface area contributed by atoms with E-state index in [0.29, 0.717) is 24.0 Å². The van der Waals surface area contributed by atoms with Crippen LogP contribution in [0.5, 0.6) is 0 Å². The summed E-state index contributed by atoms with van der Waals surface area (Å²) >= 11 is 0. The molecule has 4 rings (SSSR count). The third-order valence-electron chi connectivity index (χ3n) is 9.40. The average molecular weight is 612 g/mol. The van der Waals surface area contributed by atoms with Crippen molar-refractivity contribution in [3.63, 3.8) is 0 Å². The van der Waals surface area contributed by atoms with Crippen LogP contribution in [0, 0.1) is 12.3 Å². The van der Waals surface area contributed by atoms with Gasteiger partial charge in [0.1, 0.15) is 17.8 Å². The standard InChI is InChI=1S/C38H45NO6/c1-7-14-33(45-36(42)30-17-12-9-13-18-30)38(43)24-32(26(3)27(4)37(38,5)6)44-34(40)23-31(28-15-10-8-11-16-28)39-35(41)29-21-19-25(2)20-22-29/h8-13,15-22,31-33,43H,7,14,23-24H2,1-6H3,(H,39,41)/t31-,32+,33+,38-/m1/s1. The monoisotopic (exact) mass is 611 g/mol. The van der Waals surface area contributed by atoms with Crippen LogP contribution >= 0.6 is 0 Å². The first-order valence-corrected chi connectivity index (χ1v) is 15.7. The maximum absolute atomic E-state index is 13.6. The number of aliphatic hydroxyl groups is 1. The molecule has 0 radical (unpaired) electrons. The zero-order chi connectivity index (χ0) is 32.8. The molecule has 0 fully saturated rings. The molecule has 0 aliphatic heterocycles. The smallest absolute Gasteiger partial charge is 0.338 e. The van der Waals surface area contributed by atoms with Crippen LogP contribution < -0.4 is 5.32 Å². The van der Waals surface area contributed by atoms with Gasteiger partial charge in [0.25, 0.3) is 5.91 Å². The summed E-state index contributed by atoms with van der Waals surface area (Å²) in [4.78, 5) is 39.9. The van der Waals surface area contributed by atoms with E-state index in [1.165, 1.54) is 0 Å². The number of hydrogen-bond acceptors (Lipinski definition) is 6. The van der Waals surface area contributed by atoms with Gasteiger partial charge in [0.05, 0.1) is 18.0 Å². The number of hydrogen-bond donors (Lipinski definition) is 2. The molecule has 1 aliphatic carbocycles. The van der Waals surface area contributed by atoms with E-state index in [9.17, 15) is 19.5 Å². The zero-order valence-electron chi connectivity index (χ0n) is 27.1. The Hall–Kier alpha value is -4.23. The highest BCUT2D eigenvalue weighted by molar-refractivity contribution is 5.94. The second-order valence-corrected chi connectivity index (χ2v) is 12.6. The molecule has 1 aliphatic rings. The lowest BCUT2D eigenvalue weighted by atomic mass is 9.59. The van der Waals surface area contributed by atoms with Crippen molar-refractivity contribution in [1.29, 1.82) is 0 Å². The number of aryl methyl sites for hydroxylation is 1. The highest BCUT2D eigenvalue weighted by Crippen LogP contribution is 2.51. The van der Waals surface area contributed by atoms with Gasteiger partial charge in [0.15, 0.2) is 0 Å². The van der Waals surface area contributed by atoms with Crippen molar-refractivity contribution in [2.45, 2.75) is 91.1 Å². The van der Waals surface area contributed by atoms with Crippen molar-refractivity contribution in [3.8, 4) is 0 Å². The van der Waals surface area contributed by atoms with Crippen molar-refractivity contribution >= 4 is 17.8 Å². The molecule has 0 bridgehead atoms. The molecule has 3 aromatic rings. The summed E-state index contributed by atoms with van der Waals surface area (Å²) in [6.07, 6.45) is -0.500. The van der Waals surface area contributed by atoms with E-state index in [2.05, 4.69) is 5.32 Å². The van der Waals surface area contributed by atoms with E-state index in [0.717, 1.165) is 22.3 Å². The molecule has 0 saturated heterocycles. The molecule has 238 valence electrons. The molecule has 3 aromatic carbocycles. The van der Waals surface area contributed by atoms with Gasteiger partial charge in [-0.05, 0) is 62.6 Å². The van der Waals surface area contributed by atoms with Gasteiger partial charge >= 0.3 is 11.9 Å². The summed E-state index contributed by atoms with van der Waals surface area (Å²) in [5.41, 5.74) is 2.15. The Labute approximate surface area is 266 Å². The van der Waals surface area contributed by atoms with Gasteiger partial charge in [0, 0.05) is 17.4 Å². The summed E-state index contributed by atoms with van der Waals surface area (Å²) in [5.74, 6) is -1.31. The molecule has 1 amide bonds. The fraction of sp³-hybridized carbons (Fsp3) is 0.395. The van der Waals surface area contributed by atoms with Gasteiger partial charge in [-0.3, -0.25) is 9.59 Å². The van der Waals surface area contributed by atoms with Gasteiger partial charge < -0.3 is 19.9 Å². The molecule has 0 aromatic heterocycles. The van der Waals surface area contributed by atoms with Crippen LogP contribution in [0.4, 0.5) is 0 Å². The maximum Gasteiger partial charge on any atom is 0.338 e. The lowest BCUT2D eigenvalue weighted by Gasteiger charge is -2.52. The minimum absolute atomic E-state index is 0.0629. The Morgan fingerprint density at radius 1 is 0.889 bits per heavy atom. The summed E-state index contributed by atoms with van der Waals surface area (Å²) < 4.78 is 12.1. The summed E-state index contributed by atoms with van der Waals surface area (Å²) in [6, 6.07) is 24.6. The lowest BCUT2D eigenvalue weighted by Crippen LogP contribution is -2.60. The summed E-state index contributed by atoms with van der Waals surface area (Å²) in [6.45, 7) is 11.6. The Balaban J connectivity index is 1.57. The van der Waals surface area contributed by atoms with Crippen molar-refractivity contribution in [1.82, 2.24) is 5.32 Å². The van der Waals surface area contributed by atoms with E-state index in [1.807, 2.05) is 90.1 Å². The largest absolute Gasteiger partial charge is 0.458 e. The summed E-state index contributed by atoms with van der Waals surface area (Å²) in [7, 11) is 0. The molecule has 0 spiro atoms. The Kier molecular flexibility index (Phi) is 10.7. The fourth-order valence-corrected chi connectivity index (χ4v) is 6.10. The molecule has 0 saturated carbocycles. The lowest BCUT2D eigenvalue weighted by molar-refractivity contribution is -0.176. The minimum Gasteiger partial charge on any atom is -0.458 e. The zero-order valence-corrected chi connectivity index (χ0v) is 27.1. The van der Waals surface area contributed by atoms with Gasteiger partial charge in [-0.2, -0.15) is 0 Å². The van der Waals surface area contributed by atoms with E-state index in [1.54, 1.807) is 36.4 Å². The number of esters is 2. The maximum atomic E-state index is 13.6. The van der Waals surface area contributed by atoms with Crippen LogP contribution in [-0.2, 0) is 14.3 Å². The van der Waals surface area contributed by atoms with E-state index < -0.39 is 41.2 Å². The van der Waals surface area contributed by atoms with Gasteiger partial charge in [-0.1, -0.05) is 99.0 Å². The number of ether oxygens (including phenoxy) is 2. The first-order chi connectivity index (χ1) is 21.4. The number of carbonyl (C=O) groups excluding carboxylic acids is 3. The SMILES string of the molecule is CCC[C@H](OC(=O)c1ccccc1)[C@]1(O)C[C@H](OC(=O)C[C@@H](NC(=O)c2ccc(C)cc2)c2ccccc2)C(C)=C(C)C1(C)C. The predicted octanol–water partition coefficient (Wildman–Crippen LogP) is 7.29. The molecule has 2 N–H and O–H groups in total. The number of amides is 1. The van der Waals surface area contributed by atoms with Crippen LogP contribution in [-0.4, -0.2) is 40.8 Å². The number of nitrogens with one attached hydrogen (secondary N) is 1. The summed E-state index contributed by atoms with van der Waals surface area (Å²) in [5, 5.41) is 15.4. The topological polar surface area (TPSA) is 102 Å². The van der Waals surface area contributed by atoms with Gasteiger partial charge in [0.2, 0.25) is 0 Å². The highest BCUT2D eigenvalue weighted by atomic mass is 16.6. The molecular weight excluding hydrogens is 566 g/mol. The third kappa shape index (κ3) is 7.54. The third-order valence-corrected chi connectivity index (χ3v) is 9.40. The van der Waals surface area contributed by atoms with Crippen molar-refractivity contribution < 1.29 is 29.0 Å². The minimum atomic E-state index is -1.51. The van der Waals surface area contributed by atoms with Crippen molar-refractivity contribution in [2.75, 3.05) is 0 Å². The number of benzene rings is 3. The van der Waals surface area contributed by atoms with Crippen LogP contribution in [0.1, 0.15) is 98.2 Å². The Morgan fingerprint density at radius 2 is 1.49 bits per heavy atom. The van der Waals surface area contributed by atoms with E-state index in [4.69, 9.17) is 9.47 Å². The van der Waals surface area contributed by atoms with Crippen molar-refractivity contribution in [2.24, 2.45) is 5.41 Å². The second-order valence-electron chi connectivity index (χ2n) is 12.6. The second kappa shape index (κ2) is 14.2. The average Bonchev–Trinajstić information content (AvgIpc) is 3.03. The van der Waals surface area contributed by atoms with Crippen LogP contribution in [0.25, 0.3) is 0 Å². The predicted molar refractivity (Wildman–Crippen MR) is 175 cm³/mol. The number of rotatable bonds is 11. The number of carbonyl (C=O) groups is 3. The van der Waals surface area contributed by atoms with E-state index in [-0.39, 0.29) is 18.7 Å². The Morgan fingerprint density at radius 3 is 2.09 bits per heavy atom.